The molecule has 0 saturated carbocycles. The predicted octanol–water partition coefficient (Wildman–Crippen LogP) is 3.38. The fourth-order valence-corrected chi connectivity index (χ4v) is 5.44. The first kappa shape index (κ1) is 20.6. The van der Waals surface area contributed by atoms with Crippen molar-refractivity contribution in [2.75, 3.05) is 27.4 Å². The van der Waals surface area contributed by atoms with Crippen LogP contribution in [0.25, 0.3) is 0 Å². The van der Waals surface area contributed by atoms with E-state index in [9.17, 15) is 4.57 Å². The summed E-state index contributed by atoms with van der Waals surface area (Å²) < 4.78 is 33.4. The zero-order valence-corrected chi connectivity index (χ0v) is 13.3. The average Bonchev–Trinajstić information content (AvgIpc) is 2.35. The Labute approximate surface area is 113 Å². The maximum absolute atomic E-state index is 12.4. The van der Waals surface area contributed by atoms with Crippen molar-refractivity contribution < 1.29 is 22.7 Å². The first-order valence-electron chi connectivity index (χ1n) is 5.46. The van der Waals surface area contributed by atoms with E-state index in [4.69, 9.17) is 18.1 Å². The molecular formula is C10H22BO5P2. The minimum Gasteiger partial charge on any atom is -0.334 e. The van der Waals surface area contributed by atoms with Crippen LogP contribution in [-0.2, 0) is 22.7 Å². The highest BCUT2D eigenvalue weighted by molar-refractivity contribution is 7.69. The Morgan fingerprint density at radius 3 is 1.94 bits per heavy atom. The second-order valence-corrected chi connectivity index (χ2v) is 7.58. The van der Waals surface area contributed by atoms with Gasteiger partial charge in [0.15, 0.2) is 8.38 Å². The molecule has 1 atom stereocenters. The molecule has 8 heteroatoms. The smallest absolute Gasteiger partial charge is 0.334 e. The van der Waals surface area contributed by atoms with Crippen molar-refractivity contribution in [2.24, 2.45) is 0 Å². The Balaban J connectivity index is 0. The van der Waals surface area contributed by atoms with Gasteiger partial charge in [-0.15, -0.1) is 6.58 Å². The van der Waals surface area contributed by atoms with Crippen LogP contribution in [0.1, 0.15) is 20.3 Å². The van der Waals surface area contributed by atoms with E-state index in [1.807, 2.05) is 13.8 Å². The number of allylic oxidation sites excluding steroid dienone is 1. The Hall–Kier alpha value is 0.305. The van der Waals surface area contributed by atoms with E-state index in [0.29, 0.717) is 19.6 Å². The van der Waals surface area contributed by atoms with Gasteiger partial charge < -0.3 is 18.1 Å². The summed E-state index contributed by atoms with van der Waals surface area (Å²) in [6.07, 6.45) is 2.13. The van der Waals surface area contributed by atoms with Gasteiger partial charge in [-0.3, -0.25) is 4.57 Å². The SMILES string of the molecule is C=CCC(P(OCC)OCC)P(=O)(OC)OC.[B]. The fraction of sp³-hybridized carbons (Fsp3) is 0.800. The third-order valence-electron chi connectivity index (χ3n) is 2.01. The van der Waals surface area contributed by atoms with Crippen LogP contribution in [0.4, 0.5) is 0 Å². The first-order chi connectivity index (χ1) is 8.09. The van der Waals surface area contributed by atoms with Gasteiger partial charge in [-0.1, -0.05) is 6.08 Å². The summed E-state index contributed by atoms with van der Waals surface area (Å²) in [4.78, 5) is 0. The Morgan fingerprint density at radius 1 is 1.22 bits per heavy atom. The summed E-state index contributed by atoms with van der Waals surface area (Å²) in [5, 5.41) is -0.440. The molecule has 0 aromatic heterocycles. The van der Waals surface area contributed by atoms with Gasteiger partial charge in [0.25, 0.3) is 0 Å². The van der Waals surface area contributed by atoms with Crippen molar-refractivity contribution in [3.63, 3.8) is 0 Å². The summed E-state index contributed by atoms with van der Waals surface area (Å²) in [6, 6.07) is 0. The molecule has 0 aliphatic rings. The Kier molecular flexibility index (Phi) is 12.8. The van der Waals surface area contributed by atoms with Crippen LogP contribution in [0.2, 0.25) is 0 Å². The van der Waals surface area contributed by atoms with Crippen LogP contribution in [-0.4, -0.2) is 41.2 Å². The molecule has 0 amide bonds. The molecule has 0 aliphatic heterocycles. The first-order valence-corrected chi connectivity index (χ1v) is 8.32. The van der Waals surface area contributed by atoms with Crippen LogP contribution in [0, 0.1) is 0 Å². The van der Waals surface area contributed by atoms with E-state index in [2.05, 4.69) is 6.58 Å². The van der Waals surface area contributed by atoms with E-state index in [1.54, 1.807) is 6.08 Å². The lowest BCUT2D eigenvalue weighted by Gasteiger charge is -2.29. The number of hydrogen-bond donors (Lipinski definition) is 0. The van der Waals surface area contributed by atoms with Crippen molar-refractivity contribution in [3.05, 3.63) is 12.7 Å². The maximum atomic E-state index is 12.4. The molecule has 0 fully saturated rings. The third-order valence-corrected chi connectivity index (χ3v) is 7.10. The molecule has 18 heavy (non-hydrogen) atoms. The minimum absolute atomic E-state index is 0. The molecule has 0 heterocycles. The molecule has 0 aliphatic carbocycles. The highest BCUT2D eigenvalue weighted by atomic mass is 31.2. The molecule has 0 saturated heterocycles. The van der Waals surface area contributed by atoms with Crippen LogP contribution >= 0.6 is 16.0 Å². The minimum atomic E-state index is -3.22. The van der Waals surface area contributed by atoms with Gasteiger partial charge in [0.2, 0.25) is 0 Å². The van der Waals surface area contributed by atoms with Crippen molar-refractivity contribution in [1.29, 1.82) is 0 Å². The standard InChI is InChI=1S/C10H22O5P2.B/c1-6-9-10(17(11,12-4)13-5)16(14-7-2)15-8-3;/h6,10H,1,7-9H2,2-5H3;. The van der Waals surface area contributed by atoms with E-state index in [1.165, 1.54) is 14.2 Å². The highest BCUT2D eigenvalue weighted by Gasteiger charge is 2.41. The summed E-state index contributed by atoms with van der Waals surface area (Å²) in [5.74, 6) is 0. The van der Waals surface area contributed by atoms with Gasteiger partial charge in [-0.05, 0) is 20.3 Å². The van der Waals surface area contributed by atoms with Crippen LogP contribution < -0.4 is 0 Å². The molecule has 3 radical (unpaired) electrons. The lowest BCUT2D eigenvalue weighted by Crippen LogP contribution is -2.12. The Morgan fingerprint density at radius 2 is 1.67 bits per heavy atom. The lowest BCUT2D eigenvalue weighted by atomic mass is 10.5. The van der Waals surface area contributed by atoms with Crippen LogP contribution in [0.5, 0.6) is 0 Å². The molecule has 0 spiro atoms. The number of hydrogen-bond acceptors (Lipinski definition) is 5. The summed E-state index contributed by atoms with van der Waals surface area (Å²) in [7, 11) is -1.80. The molecule has 0 aromatic rings. The van der Waals surface area contributed by atoms with E-state index in [-0.39, 0.29) is 8.41 Å². The summed E-state index contributed by atoms with van der Waals surface area (Å²) in [6.45, 7) is 8.37. The van der Waals surface area contributed by atoms with Gasteiger partial charge in [0, 0.05) is 22.6 Å². The molecule has 0 N–H and O–H groups in total. The van der Waals surface area contributed by atoms with Gasteiger partial charge in [-0.2, -0.15) is 0 Å². The highest BCUT2D eigenvalue weighted by Crippen LogP contribution is 2.66. The summed E-state index contributed by atoms with van der Waals surface area (Å²) >= 11 is 0. The quantitative estimate of drug-likeness (QED) is 0.351. The normalized spacial score (nSPS) is 13.2. The van der Waals surface area contributed by atoms with Crippen molar-refractivity contribution in [3.8, 4) is 0 Å². The van der Waals surface area contributed by atoms with E-state index < -0.39 is 21.4 Å². The second kappa shape index (κ2) is 11.2. The molecule has 0 rings (SSSR count). The predicted molar refractivity (Wildman–Crippen MR) is 76.2 cm³/mol. The van der Waals surface area contributed by atoms with Crippen molar-refractivity contribution >= 4 is 24.4 Å². The second-order valence-electron chi connectivity index (χ2n) is 3.03. The molecule has 5 nitrogen and oxygen atoms in total. The van der Waals surface area contributed by atoms with E-state index in [0.717, 1.165) is 0 Å². The maximum Gasteiger partial charge on any atom is 0.342 e. The molecule has 0 aromatic carbocycles. The monoisotopic (exact) mass is 295 g/mol. The zero-order chi connectivity index (χ0) is 13.3. The number of rotatable bonds is 10. The van der Waals surface area contributed by atoms with Gasteiger partial charge in [-0.25, -0.2) is 0 Å². The fourth-order valence-electron chi connectivity index (χ4n) is 1.26. The molecular weight excluding hydrogens is 273 g/mol. The van der Waals surface area contributed by atoms with Crippen LogP contribution in [0.15, 0.2) is 12.7 Å². The van der Waals surface area contributed by atoms with Crippen LogP contribution in [0.3, 0.4) is 0 Å². The molecule has 105 valence electrons. The zero-order valence-electron chi connectivity index (χ0n) is 11.5. The van der Waals surface area contributed by atoms with Gasteiger partial charge in [0.05, 0.1) is 13.2 Å². The lowest BCUT2D eigenvalue weighted by molar-refractivity contribution is 0.248. The average molecular weight is 295 g/mol. The largest absolute Gasteiger partial charge is 0.342 e. The molecule has 1 unspecified atom stereocenters. The molecule has 0 bridgehead atoms. The third kappa shape index (κ3) is 5.96. The summed E-state index contributed by atoms with van der Waals surface area (Å²) in [5.41, 5.74) is 0. The van der Waals surface area contributed by atoms with E-state index >= 15 is 0 Å². The van der Waals surface area contributed by atoms with Gasteiger partial charge in [0.1, 0.15) is 5.40 Å². The Bertz CT molecular complexity index is 251. The van der Waals surface area contributed by atoms with Crippen molar-refractivity contribution in [2.45, 2.75) is 25.7 Å². The van der Waals surface area contributed by atoms with Gasteiger partial charge >= 0.3 is 7.60 Å². The van der Waals surface area contributed by atoms with Crippen molar-refractivity contribution in [1.82, 2.24) is 0 Å². The topological polar surface area (TPSA) is 54.0 Å².